The highest BCUT2D eigenvalue weighted by molar-refractivity contribution is 6.30. The summed E-state index contributed by atoms with van der Waals surface area (Å²) in [5.41, 5.74) is 3.49. The van der Waals surface area contributed by atoms with Gasteiger partial charge in [0.15, 0.2) is 0 Å². The fourth-order valence-electron chi connectivity index (χ4n) is 2.95. The van der Waals surface area contributed by atoms with Crippen LogP contribution in [0.3, 0.4) is 0 Å². The van der Waals surface area contributed by atoms with Gasteiger partial charge in [0.25, 0.3) is 5.91 Å². The smallest absolute Gasteiger partial charge is 0.254 e. The summed E-state index contributed by atoms with van der Waals surface area (Å²) in [4.78, 5) is 12.7. The van der Waals surface area contributed by atoms with Crippen molar-refractivity contribution in [1.29, 1.82) is 0 Å². The fourth-order valence-corrected chi connectivity index (χ4v) is 3.29. The molecule has 0 fully saturated rings. The van der Waals surface area contributed by atoms with Crippen LogP contribution in [0.15, 0.2) is 54.7 Å². The number of halogens is 2. The number of nitrogens with one attached hydrogen (secondary N) is 1. The van der Waals surface area contributed by atoms with Crippen LogP contribution >= 0.6 is 23.2 Å². The summed E-state index contributed by atoms with van der Waals surface area (Å²) in [5, 5.41) is 8.78. The molecule has 0 bridgehead atoms. The molecule has 27 heavy (non-hydrogen) atoms. The molecule has 0 aliphatic heterocycles. The Labute approximate surface area is 169 Å². The van der Waals surface area contributed by atoms with E-state index in [1.165, 1.54) is 0 Å². The fraction of sp³-hybridized carbons (Fsp3) is 0.238. The van der Waals surface area contributed by atoms with E-state index < -0.39 is 0 Å². The average Bonchev–Trinajstić information content (AvgIpc) is 3.06. The molecular weight excluding hydrogens is 381 g/mol. The summed E-state index contributed by atoms with van der Waals surface area (Å²) in [7, 11) is 0. The van der Waals surface area contributed by atoms with E-state index >= 15 is 0 Å². The molecule has 1 heterocycles. The minimum atomic E-state index is -0.110. The van der Waals surface area contributed by atoms with Crippen molar-refractivity contribution in [2.75, 3.05) is 6.54 Å². The Balaban J connectivity index is 1.73. The van der Waals surface area contributed by atoms with E-state index in [1.54, 1.807) is 6.20 Å². The van der Waals surface area contributed by atoms with Crippen molar-refractivity contribution in [1.82, 2.24) is 15.1 Å². The van der Waals surface area contributed by atoms with Gasteiger partial charge in [-0.15, -0.1) is 0 Å². The van der Waals surface area contributed by atoms with Gasteiger partial charge in [-0.25, -0.2) is 4.68 Å². The molecule has 0 saturated heterocycles. The minimum absolute atomic E-state index is 0.110. The molecule has 0 aliphatic carbocycles. The molecule has 4 nitrogen and oxygen atoms in total. The second-order valence-corrected chi connectivity index (χ2v) is 7.15. The van der Waals surface area contributed by atoms with Crippen LogP contribution in [0.1, 0.15) is 35.0 Å². The molecule has 1 amide bonds. The van der Waals surface area contributed by atoms with Crippen LogP contribution in [0.4, 0.5) is 0 Å². The lowest BCUT2D eigenvalue weighted by Gasteiger charge is -2.10. The van der Waals surface area contributed by atoms with Crippen LogP contribution in [-0.4, -0.2) is 22.2 Å². The largest absolute Gasteiger partial charge is 0.352 e. The summed E-state index contributed by atoms with van der Waals surface area (Å²) < 4.78 is 1.81. The third kappa shape index (κ3) is 4.90. The second-order valence-electron chi connectivity index (χ2n) is 6.28. The van der Waals surface area contributed by atoms with Gasteiger partial charge in [0, 0.05) is 16.6 Å². The van der Waals surface area contributed by atoms with Gasteiger partial charge in [0.05, 0.1) is 23.1 Å². The van der Waals surface area contributed by atoms with Gasteiger partial charge in [-0.1, -0.05) is 48.7 Å². The maximum atomic E-state index is 12.7. The quantitative estimate of drug-likeness (QED) is 0.598. The maximum absolute atomic E-state index is 12.7. The van der Waals surface area contributed by atoms with Gasteiger partial charge < -0.3 is 5.32 Å². The molecule has 140 valence electrons. The molecule has 0 atom stereocenters. The molecule has 1 aromatic heterocycles. The van der Waals surface area contributed by atoms with Crippen molar-refractivity contribution in [3.8, 4) is 5.69 Å². The van der Waals surface area contributed by atoms with Crippen LogP contribution in [0.2, 0.25) is 10.0 Å². The molecule has 3 rings (SSSR count). The van der Waals surface area contributed by atoms with Gasteiger partial charge >= 0.3 is 0 Å². The molecule has 0 aliphatic rings. The van der Waals surface area contributed by atoms with Crippen LogP contribution < -0.4 is 5.32 Å². The molecular formula is C21H21Cl2N3O. The van der Waals surface area contributed by atoms with E-state index in [0.29, 0.717) is 22.2 Å². The Kier molecular flexibility index (Phi) is 6.54. The van der Waals surface area contributed by atoms with Crippen molar-refractivity contribution in [2.45, 2.75) is 26.2 Å². The van der Waals surface area contributed by atoms with Gasteiger partial charge in [-0.05, 0) is 54.8 Å². The number of carbonyl (C=O) groups is 1. The van der Waals surface area contributed by atoms with Gasteiger partial charge in [0.2, 0.25) is 0 Å². The number of hydrogen-bond acceptors (Lipinski definition) is 2. The lowest BCUT2D eigenvalue weighted by molar-refractivity contribution is 0.0953. The molecule has 0 spiro atoms. The number of amides is 1. The minimum Gasteiger partial charge on any atom is -0.352 e. The number of nitrogens with zero attached hydrogens (tertiary/aromatic N) is 2. The van der Waals surface area contributed by atoms with Crippen molar-refractivity contribution in [3.63, 3.8) is 0 Å². The van der Waals surface area contributed by atoms with Crippen molar-refractivity contribution >= 4 is 29.1 Å². The Morgan fingerprint density at radius 3 is 2.56 bits per heavy atom. The standard InChI is InChI=1S/C21H21Cl2N3O/c1-2-4-20-19(14-25-26(20)18-9-7-16(22)8-10-18)21(27)24-12-11-15-5-3-6-17(23)13-15/h3,5-10,13-14H,2,4,11-12H2,1H3,(H,24,27). The highest BCUT2D eigenvalue weighted by Crippen LogP contribution is 2.19. The lowest BCUT2D eigenvalue weighted by atomic mass is 10.1. The molecule has 1 N–H and O–H groups in total. The highest BCUT2D eigenvalue weighted by Gasteiger charge is 2.17. The Morgan fingerprint density at radius 2 is 1.85 bits per heavy atom. The normalized spacial score (nSPS) is 10.8. The molecule has 0 unspecified atom stereocenters. The predicted molar refractivity (Wildman–Crippen MR) is 110 cm³/mol. The lowest BCUT2D eigenvalue weighted by Crippen LogP contribution is -2.26. The number of aromatic nitrogens is 2. The summed E-state index contributed by atoms with van der Waals surface area (Å²) in [6.07, 6.45) is 4.04. The predicted octanol–water partition coefficient (Wildman–Crippen LogP) is 5.10. The van der Waals surface area contributed by atoms with E-state index in [2.05, 4.69) is 17.3 Å². The summed E-state index contributed by atoms with van der Waals surface area (Å²) in [6.45, 7) is 2.62. The SMILES string of the molecule is CCCc1c(C(=O)NCCc2cccc(Cl)c2)cnn1-c1ccc(Cl)cc1. The van der Waals surface area contributed by atoms with Crippen LogP contribution in [0, 0.1) is 0 Å². The average molecular weight is 402 g/mol. The van der Waals surface area contributed by atoms with Crippen LogP contribution in [-0.2, 0) is 12.8 Å². The topological polar surface area (TPSA) is 46.9 Å². The van der Waals surface area contributed by atoms with E-state index in [1.807, 2.05) is 53.2 Å². The van der Waals surface area contributed by atoms with E-state index in [0.717, 1.165) is 36.2 Å². The Bertz CT molecular complexity index is 919. The summed E-state index contributed by atoms with van der Waals surface area (Å²) >= 11 is 12.0. The van der Waals surface area contributed by atoms with Crippen molar-refractivity contribution in [2.24, 2.45) is 0 Å². The number of rotatable bonds is 7. The van der Waals surface area contributed by atoms with Gasteiger partial charge in [0.1, 0.15) is 0 Å². The van der Waals surface area contributed by atoms with Crippen molar-refractivity contribution < 1.29 is 4.79 Å². The molecule has 2 aromatic carbocycles. The van der Waals surface area contributed by atoms with Crippen LogP contribution in [0.5, 0.6) is 0 Å². The van der Waals surface area contributed by atoms with E-state index in [9.17, 15) is 4.79 Å². The Morgan fingerprint density at radius 1 is 1.07 bits per heavy atom. The monoisotopic (exact) mass is 401 g/mol. The molecule has 0 saturated carbocycles. The first-order valence-corrected chi connectivity index (χ1v) is 9.69. The zero-order valence-corrected chi connectivity index (χ0v) is 16.6. The third-order valence-corrected chi connectivity index (χ3v) is 4.75. The third-order valence-electron chi connectivity index (χ3n) is 4.26. The first-order chi connectivity index (χ1) is 13.1. The first kappa shape index (κ1) is 19.5. The Hall–Kier alpha value is -2.30. The second kappa shape index (κ2) is 9.07. The van der Waals surface area contributed by atoms with E-state index in [-0.39, 0.29) is 5.91 Å². The van der Waals surface area contributed by atoms with E-state index in [4.69, 9.17) is 23.2 Å². The number of hydrogen-bond donors (Lipinski definition) is 1. The zero-order valence-electron chi connectivity index (χ0n) is 15.1. The molecule has 3 aromatic rings. The maximum Gasteiger partial charge on any atom is 0.254 e. The zero-order chi connectivity index (χ0) is 19.2. The summed E-state index contributed by atoms with van der Waals surface area (Å²) in [6, 6.07) is 15.1. The van der Waals surface area contributed by atoms with Crippen LogP contribution in [0.25, 0.3) is 5.69 Å². The number of benzene rings is 2. The van der Waals surface area contributed by atoms with Gasteiger partial charge in [-0.2, -0.15) is 5.10 Å². The number of carbonyl (C=O) groups excluding carboxylic acids is 1. The van der Waals surface area contributed by atoms with Gasteiger partial charge in [-0.3, -0.25) is 4.79 Å². The van der Waals surface area contributed by atoms with Crippen molar-refractivity contribution in [3.05, 3.63) is 81.6 Å². The molecule has 6 heteroatoms. The summed E-state index contributed by atoms with van der Waals surface area (Å²) in [5.74, 6) is -0.110. The highest BCUT2D eigenvalue weighted by atomic mass is 35.5. The molecule has 0 radical (unpaired) electrons. The first-order valence-electron chi connectivity index (χ1n) is 8.94.